The Kier molecular flexibility index (Phi) is 25.7. The lowest BCUT2D eigenvalue weighted by atomic mass is 10.1. The molecule has 16 rings (SSSR count). The zero-order valence-corrected chi connectivity index (χ0v) is 63.0. The second kappa shape index (κ2) is 37.8. The van der Waals surface area contributed by atoms with Crippen LogP contribution in [0, 0.1) is 0 Å². The summed E-state index contributed by atoms with van der Waals surface area (Å²) in [5, 5.41) is 20.3. The van der Waals surface area contributed by atoms with Gasteiger partial charge in [0, 0.05) is 81.7 Å². The fraction of sp³-hybridized carbons (Fsp3) is 0.259. The monoisotopic (exact) mass is 1590 g/mol. The normalized spacial score (nSPS) is 13.0. The van der Waals surface area contributed by atoms with Crippen LogP contribution >= 0.6 is 0 Å². The number of hydrogen-bond donors (Lipinski definition) is 3. The zero-order valence-electron chi connectivity index (χ0n) is 63.0. The largest absolute Gasteiger partial charge is 0.573 e. The molecule has 8 aromatic carbocycles. The van der Waals surface area contributed by atoms with Crippen LogP contribution in [0.15, 0.2) is 214 Å². The average molecular weight is 1590 g/mol. The van der Waals surface area contributed by atoms with Gasteiger partial charge in [0.25, 0.3) is 23.6 Å². The quantitative estimate of drug-likeness (QED) is 0.0363. The maximum Gasteiger partial charge on any atom is 0.573 e. The second-order valence-electron chi connectivity index (χ2n) is 26.8. The summed E-state index contributed by atoms with van der Waals surface area (Å²) in [6, 6.07) is 57.5. The maximum absolute atomic E-state index is 13.6. The van der Waals surface area contributed by atoms with Crippen LogP contribution in [0.2, 0.25) is 0 Å². The molecule has 5 aliphatic rings. The van der Waals surface area contributed by atoms with E-state index >= 15 is 0 Å². The van der Waals surface area contributed by atoms with E-state index in [0.29, 0.717) is 126 Å². The number of alkyl halides is 3. The Labute approximate surface area is 663 Å². The highest BCUT2D eigenvalue weighted by atomic mass is 19.4. The highest BCUT2D eigenvalue weighted by Gasteiger charge is 2.32. The Hall–Kier alpha value is -13.7. The molecule has 5 aliphatic heterocycles. The van der Waals surface area contributed by atoms with Gasteiger partial charge < -0.3 is 91.3 Å². The third-order valence-corrected chi connectivity index (χ3v) is 18.7. The summed E-state index contributed by atoms with van der Waals surface area (Å²) >= 11 is 0. The van der Waals surface area contributed by atoms with E-state index in [2.05, 4.69) is 96.2 Å². The Morgan fingerprint density at radius 3 is 1.34 bits per heavy atom. The highest BCUT2D eigenvalue weighted by Crippen LogP contribution is 2.38. The van der Waals surface area contributed by atoms with Crippen molar-refractivity contribution in [2.24, 2.45) is 0 Å². The molecule has 0 saturated carbocycles. The summed E-state index contributed by atoms with van der Waals surface area (Å²) in [6.07, 6.45) is 1.54. The number of fused-ring (bicyclic) bond motifs is 5. The van der Waals surface area contributed by atoms with Gasteiger partial charge >= 0.3 is 6.36 Å². The van der Waals surface area contributed by atoms with Crippen molar-refractivity contribution in [2.45, 2.75) is 91.5 Å². The molecule has 0 atom stereocenters. The van der Waals surface area contributed by atoms with Gasteiger partial charge in [-0.3, -0.25) is 29.0 Å². The lowest BCUT2D eigenvalue weighted by molar-refractivity contribution is -0.274. The third kappa shape index (κ3) is 21.5. The van der Waals surface area contributed by atoms with Gasteiger partial charge in [-0.05, 0) is 125 Å². The number of ether oxygens (including phenoxy) is 12. The summed E-state index contributed by atoms with van der Waals surface area (Å²) in [5.41, 5.74) is 6.23. The van der Waals surface area contributed by atoms with Gasteiger partial charge in [0.15, 0.2) is 91.9 Å². The Balaban J connectivity index is 0.000000144. The van der Waals surface area contributed by atoms with Gasteiger partial charge in [0.1, 0.15) is 18.1 Å². The lowest BCUT2D eigenvalue weighted by Crippen LogP contribution is -2.34. The van der Waals surface area contributed by atoms with E-state index in [9.17, 15) is 32.3 Å². The van der Waals surface area contributed by atoms with Gasteiger partial charge in [0.2, 0.25) is 34.0 Å². The van der Waals surface area contributed by atoms with E-state index in [1.807, 2.05) is 91.0 Å². The van der Waals surface area contributed by atoms with Crippen molar-refractivity contribution in [3.05, 3.63) is 274 Å². The van der Waals surface area contributed by atoms with Gasteiger partial charge in [0.05, 0.1) is 19.6 Å². The number of nitrogens with one attached hydrogen (secondary N) is 3. The number of amides is 4. The summed E-state index contributed by atoms with van der Waals surface area (Å²) in [7, 11) is 0. The minimum Gasteiger partial charge on any atom is -0.492 e. The van der Waals surface area contributed by atoms with Crippen LogP contribution < -0.4 is 72.8 Å². The summed E-state index contributed by atoms with van der Waals surface area (Å²) < 4.78 is 118. The van der Waals surface area contributed by atoms with E-state index in [1.54, 1.807) is 42.5 Å². The van der Waals surface area contributed by atoms with E-state index in [4.69, 9.17) is 65.7 Å². The standard InChI is InChI=1S/C29H22F3N3O8.C29H27N3O7.C27H31N3O4/c30-29(31,32)42-20-5-1-17(2-6-20)13-35(28(37)19-4-8-24-26(10-19)41-16-39-24)14-21-11-22(34-43-21)27(36)33-12-18-3-7-23-25(9-18)40-15-38-23;33-29(30-15-21-6-8-25-27(12-21)37-18-35-25)24-13-23(39-31-24)17-32(16-20-4-2-1-3-5-20)10-11-34-22-7-9-26-28(14-22)38-19-36-26;1-3-22(4-2)30(14-8-11-20-9-6-5-7-10-20)18-23-16-24(29-34-23)27(31)28-17-21-12-13-25-26(15-21)33-19-32-25/h1-11H,12-16H2,(H,33,36);1-9,12-14H,10-11,15-19H2,(H,30,33);5-13,15-16,22H,3-4,14,17-19H2,1-2H3,(H,28,31)/b;;11-8+. The van der Waals surface area contributed by atoms with Crippen LogP contribution in [0.5, 0.6) is 69.0 Å². The highest BCUT2D eigenvalue weighted by molar-refractivity contribution is 5.95. The minimum absolute atomic E-state index is 0.000116. The van der Waals surface area contributed by atoms with Crippen molar-refractivity contribution in [3.8, 4) is 69.0 Å². The van der Waals surface area contributed by atoms with Crippen LogP contribution in [0.4, 0.5) is 13.2 Å². The molecule has 116 heavy (non-hydrogen) atoms. The molecule has 0 spiro atoms. The van der Waals surface area contributed by atoms with Crippen LogP contribution in [-0.4, -0.2) is 120 Å². The van der Waals surface area contributed by atoms with E-state index in [-0.39, 0.29) is 93.8 Å². The Morgan fingerprint density at radius 1 is 0.440 bits per heavy atom. The van der Waals surface area contributed by atoms with Gasteiger partial charge in [-0.15, -0.1) is 13.2 Å². The molecule has 0 bridgehead atoms. The molecule has 11 aromatic rings. The molecular weight excluding hydrogens is 1510 g/mol. The second-order valence-corrected chi connectivity index (χ2v) is 26.8. The van der Waals surface area contributed by atoms with Crippen molar-refractivity contribution in [3.63, 3.8) is 0 Å². The van der Waals surface area contributed by atoms with Crippen molar-refractivity contribution in [1.29, 1.82) is 0 Å². The predicted octanol–water partition coefficient (Wildman–Crippen LogP) is 14.0. The molecule has 3 N–H and O–H groups in total. The summed E-state index contributed by atoms with van der Waals surface area (Å²) in [4.78, 5) is 57.6. The number of carbonyl (C=O) groups excluding carboxylic acids is 4. The van der Waals surface area contributed by atoms with E-state index in [1.165, 1.54) is 34.7 Å². The van der Waals surface area contributed by atoms with Gasteiger partial charge in [-0.2, -0.15) is 0 Å². The molecule has 0 aliphatic carbocycles. The van der Waals surface area contributed by atoms with Crippen molar-refractivity contribution < 1.29 is 103 Å². The Morgan fingerprint density at radius 2 is 0.853 bits per heavy atom. The molecule has 0 unspecified atom stereocenters. The fourth-order valence-corrected chi connectivity index (χ4v) is 12.8. The summed E-state index contributed by atoms with van der Waals surface area (Å²) in [6.45, 7) is 9.56. The number of halogens is 3. The first-order chi connectivity index (χ1) is 56.5. The molecule has 31 heteroatoms. The molecule has 0 saturated heterocycles. The number of hydrogen-bond acceptors (Lipinski definition) is 24. The topological polar surface area (TPSA) is 303 Å². The molecular formula is C85H80F3N9O19. The first-order valence-electron chi connectivity index (χ1n) is 37.2. The molecule has 8 heterocycles. The third-order valence-electron chi connectivity index (χ3n) is 18.7. The molecule has 4 amide bonds. The number of aromatic nitrogens is 3. The van der Waals surface area contributed by atoms with Crippen LogP contribution in [0.25, 0.3) is 6.08 Å². The van der Waals surface area contributed by atoms with Crippen molar-refractivity contribution in [1.82, 2.24) is 46.1 Å². The first kappa shape index (κ1) is 79.0. The van der Waals surface area contributed by atoms with Crippen LogP contribution in [0.1, 0.15) is 119 Å². The average Bonchev–Trinajstić information content (AvgIpc) is 1.35. The SMILES string of the molecule is CCC(CC)N(C/C=C/c1ccccc1)Cc1cc(C(=O)NCc2ccc3c(c2)OCO3)no1.O=C(NCc1ccc2c(c1)OCO2)c1cc(CN(CCOc2ccc3c(c2)OCO3)Cc2ccccc2)on1.O=C(NCc1ccc2c(c1)OCO2)c1cc(CN(Cc2ccc(OC(F)(F)F)cc2)C(=O)c2ccc3c(c2)OCO3)on1. The van der Waals surface area contributed by atoms with Gasteiger partial charge in [-0.25, -0.2) is 0 Å². The number of rotatable bonds is 31. The molecule has 600 valence electrons. The summed E-state index contributed by atoms with van der Waals surface area (Å²) in [5.74, 6) is 6.56. The van der Waals surface area contributed by atoms with Crippen molar-refractivity contribution >= 4 is 29.7 Å². The van der Waals surface area contributed by atoms with Crippen LogP contribution in [-0.2, 0) is 52.4 Å². The number of nitrogens with zero attached hydrogens (tertiary/aromatic N) is 6. The molecule has 3 aromatic heterocycles. The van der Waals surface area contributed by atoms with Crippen LogP contribution in [0.3, 0.4) is 0 Å². The fourth-order valence-electron chi connectivity index (χ4n) is 12.8. The van der Waals surface area contributed by atoms with E-state index in [0.717, 1.165) is 59.5 Å². The van der Waals surface area contributed by atoms with Gasteiger partial charge in [-0.1, -0.05) is 132 Å². The maximum atomic E-state index is 13.6. The zero-order chi connectivity index (χ0) is 80.2. The molecule has 28 nitrogen and oxygen atoms in total. The smallest absolute Gasteiger partial charge is 0.492 e. The van der Waals surface area contributed by atoms with E-state index < -0.39 is 23.9 Å². The van der Waals surface area contributed by atoms with Crippen molar-refractivity contribution in [2.75, 3.05) is 53.7 Å². The lowest BCUT2D eigenvalue weighted by Gasteiger charge is -2.28. The number of carbonyl (C=O) groups is 4. The Bertz CT molecular complexity index is 5210. The predicted molar refractivity (Wildman–Crippen MR) is 409 cm³/mol. The molecule has 0 radical (unpaired) electrons. The minimum atomic E-state index is -4.83. The number of benzene rings is 8. The first-order valence-corrected chi connectivity index (χ1v) is 37.2. The molecule has 0 fully saturated rings.